The number of morpholine rings is 1. The molecule has 1 aromatic carbocycles. The van der Waals surface area contributed by atoms with Crippen LogP contribution in [0.1, 0.15) is 35.7 Å². The smallest absolute Gasteiger partial charge is 0.177 e. The molecule has 8 heteroatoms. The maximum atomic E-state index is 14.7. The van der Waals surface area contributed by atoms with E-state index in [1.165, 1.54) is 12.1 Å². The molecule has 0 bridgehead atoms. The molecule has 1 aromatic heterocycles. The summed E-state index contributed by atoms with van der Waals surface area (Å²) in [7, 11) is 0. The quantitative estimate of drug-likeness (QED) is 0.576. The number of ether oxygens (including phenoxy) is 1. The molecule has 2 atom stereocenters. The fourth-order valence-corrected chi connectivity index (χ4v) is 5.49. The zero-order valence-corrected chi connectivity index (χ0v) is 17.0. The van der Waals surface area contributed by atoms with Gasteiger partial charge in [0.15, 0.2) is 4.77 Å². The van der Waals surface area contributed by atoms with E-state index in [2.05, 4.69) is 9.88 Å². The van der Waals surface area contributed by atoms with Gasteiger partial charge in [0.05, 0.1) is 18.2 Å². The molecule has 1 saturated heterocycles. The number of aromatic nitrogens is 2. The molecule has 1 N–H and O–H groups in total. The summed E-state index contributed by atoms with van der Waals surface area (Å²) >= 11 is 11.5. The minimum atomic E-state index is -0.626. The van der Waals surface area contributed by atoms with Crippen LogP contribution in [0.3, 0.4) is 0 Å². The second-order valence-corrected chi connectivity index (χ2v) is 8.86. The first-order chi connectivity index (χ1) is 13.5. The first-order valence-electron chi connectivity index (χ1n) is 9.77. The number of fused-ring (bicyclic) bond motifs is 3. The highest BCUT2D eigenvalue weighted by atomic mass is 35.5. The van der Waals surface area contributed by atoms with Crippen molar-refractivity contribution in [3.05, 3.63) is 50.5 Å². The molecule has 4 nitrogen and oxygen atoms in total. The van der Waals surface area contributed by atoms with Crippen molar-refractivity contribution in [2.45, 2.75) is 37.1 Å². The maximum Gasteiger partial charge on any atom is 0.177 e. The van der Waals surface area contributed by atoms with Gasteiger partial charge in [0, 0.05) is 47.9 Å². The summed E-state index contributed by atoms with van der Waals surface area (Å²) in [6.07, 6.45) is 2.64. The molecule has 2 fully saturated rings. The minimum absolute atomic E-state index is 0.0242. The van der Waals surface area contributed by atoms with Crippen LogP contribution in [0.5, 0.6) is 0 Å². The van der Waals surface area contributed by atoms with E-state index in [4.69, 9.17) is 28.6 Å². The lowest BCUT2D eigenvalue weighted by Crippen LogP contribution is -2.37. The molecule has 2 aliphatic heterocycles. The third-order valence-electron chi connectivity index (χ3n) is 6.50. The van der Waals surface area contributed by atoms with Crippen molar-refractivity contribution in [2.75, 3.05) is 32.8 Å². The number of hydrogen-bond donors (Lipinski definition) is 1. The lowest BCUT2D eigenvalue weighted by atomic mass is 9.92. The number of rotatable bonds is 5. The number of aromatic amines is 1. The predicted molar refractivity (Wildman–Crippen MR) is 106 cm³/mol. The summed E-state index contributed by atoms with van der Waals surface area (Å²) in [5, 5.41) is -0.0242. The third kappa shape index (κ3) is 2.86. The van der Waals surface area contributed by atoms with Gasteiger partial charge in [-0.25, -0.2) is 8.78 Å². The SMILES string of the molecule is Fc1ccc(Cl)c(F)c1[C@]12C[C@H]1c1c(CCCN3CCOCC3)[nH]c(=S)n1C2. The third-order valence-corrected chi connectivity index (χ3v) is 7.11. The molecular weight excluding hydrogens is 404 g/mol. The fourth-order valence-electron chi connectivity index (χ4n) is 5.04. The van der Waals surface area contributed by atoms with Gasteiger partial charge >= 0.3 is 0 Å². The standard InChI is InChI=1S/C20H22ClF2N3OS/c21-13-3-4-14(22)16(17(13)23)20-10-12(20)18-15(24-19(28)26(18)11-20)2-1-5-25-6-8-27-9-7-25/h3-4,12H,1-2,5-11H2,(H,24,28)/t12-,20-/m0/s1. The number of nitrogens with zero attached hydrogens (tertiary/aromatic N) is 2. The van der Waals surface area contributed by atoms with E-state index in [1.807, 2.05) is 4.57 Å². The van der Waals surface area contributed by atoms with Crippen molar-refractivity contribution in [1.29, 1.82) is 0 Å². The first-order valence-corrected chi connectivity index (χ1v) is 10.6. The van der Waals surface area contributed by atoms with Crippen LogP contribution in [0.4, 0.5) is 8.78 Å². The van der Waals surface area contributed by atoms with Crippen LogP contribution in [0.2, 0.25) is 5.02 Å². The molecule has 2 aromatic rings. The largest absolute Gasteiger partial charge is 0.379 e. The zero-order chi connectivity index (χ0) is 19.5. The van der Waals surface area contributed by atoms with Gasteiger partial charge in [0.2, 0.25) is 0 Å². The minimum Gasteiger partial charge on any atom is -0.379 e. The Kier molecular flexibility index (Phi) is 4.62. The Bertz CT molecular complexity index is 985. The number of aryl methyl sites for hydroxylation is 1. The number of benzene rings is 1. The van der Waals surface area contributed by atoms with Crippen LogP contribution in [0, 0.1) is 16.4 Å². The molecule has 150 valence electrons. The van der Waals surface area contributed by atoms with Crippen molar-refractivity contribution in [2.24, 2.45) is 0 Å². The van der Waals surface area contributed by atoms with Crippen LogP contribution in [-0.4, -0.2) is 47.3 Å². The molecule has 0 unspecified atom stereocenters. The van der Waals surface area contributed by atoms with Crippen molar-refractivity contribution in [1.82, 2.24) is 14.5 Å². The Morgan fingerprint density at radius 2 is 2.07 bits per heavy atom. The van der Waals surface area contributed by atoms with Gasteiger partial charge in [-0.05, 0) is 50.2 Å². The fraction of sp³-hybridized carbons (Fsp3) is 0.550. The summed E-state index contributed by atoms with van der Waals surface area (Å²) in [6.45, 7) is 5.07. The Hall–Kier alpha value is -1.28. The first kappa shape index (κ1) is 18.7. The average Bonchev–Trinajstić information content (AvgIpc) is 3.16. The van der Waals surface area contributed by atoms with Crippen LogP contribution >= 0.6 is 23.8 Å². The molecule has 1 saturated carbocycles. The summed E-state index contributed by atoms with van der Waals surface area (Å²) in [6, 6.07) is 2.55. The highest BCUT2D eigenvalue weighted by molar-refractivity contribution is 7.71. The Balaban J connectivity index is 1.37. The van der Waals surface area contributed by atoms with E-state index in [1.54, 1.807) is 0 Å². The summed E-state index contributed by atoms with van der Waals surface area (Å²) < 4.78 is 37.3. The Morgan fingerprint density at radius 1 is 1.29 bits per heavy atom. The van der Waals surface area contributed by atoms with E-state index in [-0.39, 0.29) is 16.5 Å². The van der Waals surface area contributed by atoms with E-state index in [0.717, 1.165) is 63.5 Å². The van der Waals surface area contributed by atoms with Gasteiger partial charge in [-0.15, -0.1) is 0 Å². The zero-order valence-electron chi connectivity index (χ0n) is 15.4. The Labute approximate surface area is 172 Å². The van der Waals surface area contributed by atoms with Gasteiger partial charge in [0.25, 0.3) is 0 Å². The summed E-state index contributed by atoms with van der Waals surface area (Å²) in [5.41, 5.74) is 1.83. The number of hydrogen-bond acceptors (Lipinski definition) is 3. The second-order valence-electron chi connectivity index (χ2n) is 8.07. The molecule has 5 rings (SSSR count). The number of nitrogens with one attached hydrogen (secondary N) is 1. The Morgan fingerprint density at radius 3 is 2.86 bits per heavy atom. The van der Waals surface area contributed by atoms with Gasteiger partial charge in [-0.3, -0.25) is 4.90 Å². The van der Waals surface area contributed by atoms with E-state index < -0.39 is 17.0 Å². The van der Waals surface area contributed by atoms with Crippen molar-refractivity contribution < 1.29 is 13.5 Å². The highest BCUT2D eigenvalue weighted by Gasteiger charge is 2.64. The molecule has 3 heterocycles. The van der Waals surface area contributed by atoms with Crippen LogP contribution in [0.15, 0.2) is 12.1 Å². The second kappa shape index (κ2) is 6.90. The number of halogens is 3. The van der Waals surface area contributed by atoms with Gasteiger partial charge in [-0.2, -0.15) is 0 Å². The van der Waals surface area contributed by atoms with E-state index >= 15 is 0 Å². The average molecular weight is 426 g/mol. The monoisotopic (exact) mass is 425 g/mol. The van der Waals surface area contributed by atoms with Crippen LogP contribution in [-0.2, 0) is 23.1 Å². The summed E-state index contributed by atoms with van der Waals surface area (Å²) in [5.74, 6) is -1.04. The lowest BCUT2D eigenvalue weighted by molar-refractivity contribution is 0.0374. The van der Waals surface area contributed by atoms with Crippen molar-refractivity contribution in [3.63, 3.8) is 0 Å². The highest BCUT2D eigenvalue weighted by Crippen LogP contribution is 2.67. The molecule has 28 heavy (non-hydrogen) atoms. The van der Waals surface area contributed by atoms with E-state index in [0.29, 0.717) is 11.3 Å². The summed E-state index contributed by atoms with van der Waals surface area (Å²) in [4.78, 5) is 5.75. The number of imidazole rings is 1. The molecular formula is C20H22ClF2N3OS. The normalized spacial score (nSPS) is 26.3. The van der Waals surface area contributed by atoms with E-state index in [9.17, 15) is 8.78 Å². The number of H-pyrrole nitrogens is 1. The van der Waals surface area contributed by atoms with Gasteiger partial charge < -0.3 is 14.3 Å². The lowest BCUT2D eigenvalue weighted by Gasteiger charge is -2.26. The van der Waals surface area contributed by atoms with Gasteiger partial charge in [-0.1, -0.05) is 11.6 Å². The molecule has 0 radical (unpaired) electrons. The topological polar surface area (TPSA) is 33.2 Å². The van der Waals surface area contributed by atoms with Crippen LogP contribution in [0.25, 0.3) is 0 Å². The predicted octanol–water partition coefficient (Wildman–Crippen LogP) is 4.18. The molecule has 0 spiro atoms. The van der Waals surface area contributed by atoms with Crippen molar-refractivity contribution >= 4 is 23.8 Å². The van der Waals surface area contributed by atoms with Crippen LogP contribution < -0.4 is 0 Å². The van der Waals surface area contributed by atoms with Gasteiger partial charge in [0.1, 0.15) is 11.6 Å². The molecule has 0 amide bonds. The van der Waals surface area contributed by atoms with Crippen molar-refractivity contribution in [3.8, 4) is 0 Å². The maximum absolute atomic E-state index is 14.7. The molecule has 3 aliphatic rings. The molecule has 1 aliphatic carbocycles.